The maximum absolute atomic E-state index is 12.9. The van der Waals surface area contributed by atoms with Crippen molar-refractivity contribution in [2.24, 2.45) is 5.73 Å². The standard InChI is InChI=1S/C16H17FN2O4S2/c1-25(22,23)19(10-15(20)16(18)21)12-4-8-14(9-5-12)24-13-6-2-11(17)3-7-13/h2-9,15,20H,10H2,1H3,(H2,18,21)/t15-/m0/s1. The number of amides is 1. The summed E-state index contributed by atoms with van der Waals surface area (Å²) in [4.78, 5) is 12.6. The molecule has 2 aromatic rings. The lowest BCUT2D eigenvalue weighted by molar-refractivity contribution is -0.125. The highest BCUT2D eigenvalue weighted by Gasteiger charge is 2.23. The van der Waals surface area contributed by atoms with Crippen LogP contribution in [-0.2, 0) is 14.8 Å². The molecule has 1 atom stereocenters. The van der Waals surface area contributed by atoms with Crippen molar-refractivity contribution >= 4 is 33.4 Å². The maximum Gasteiger partial charge on any atom is 0.248 e. The van der Waals surface area contributed by atoms with Crippen LogP contribution in [-0.4, -0.2) is 38.3 Å². The van der Waals surface area contributed by atoms with E-state index in [1.165, 1.54) is 23.9 Å². The number of nitrogens with two attached hydrogens (primary N) is 1. The highest BCUT2D eigenvalue weighted by Crippen LogP contribution is 2.30. The fourth-order valence-corrected chi connectivity index (χ4v) is 3.73. The summed E-state index contributed by atoms with van der Waals surface area (Å²) in [6, 6.07) is 12.5. The van der Waals surface area contributed by atoms with Gasteiger partial charge in [0.2, 0.25) is 15.9 Å². The van der Waals surface area contributed by atoms with Crippen LogP contribution in [0.3, 0.4) is 0 Å². The molecule has 2 rings (SSSR count). The van der Waals surface area contributed by atoms with Gasteiger partial charge < -0.3 is 10.8 Å². The predicted molar refractivity (Wildman–Crippen MR) is 94.4 cm³/mol. The zero-order chi connectivity index (χ0) is 18.6. The number of hydrogen-bond donors (Lipinski definition) is 2. The van der Waals surface area contributed by atoms with E-state index < -0.39 is 28.6 Å². The second-order valence-corrected chi connectivity index (χ2v) is 8.32. The van der Waals surface area contributed by atoms with Crippen molar-refractivity contribution in [1.82, 2.24) is 0 Å². The molecule has 0 aliphatic rings. The highest BCUT2D eigenvalue weighted by atomic mass is 32.2. The van der Waals surface area contributed by atoms with Gasteiger partial charge in [-0.1, -0.05) is 11.8 Å². The van der Waals surface area contributed by atoms with Crippen molar-refractivity contribution in [2.75, 3.05) is 17.1 Å². The van der Waals surface area contributed by atoms with Crippen molar-refractivity contribution in [1.29, 1.82) is 0 Å². The average molecular weight is 384 g/mol. The lowest BCUT2D eigenvalue weighted by Crippen LogP contribution is -2.42. The molecule has 0 saturated heterocycles. The normalized spacial score (nSPS) is 12.6. The molecule has 0 unspecified atom stereocenters. The molecule has 0 spiro atoms. The number of rotatable bonds is 7. The Labute approximate surface area is 149 Å². The Hall–Kier alpha value is -2.10. The number of benzene rings is 2. The molecule has 0 bridgehead atoms. The minimum absolute atomic E-state index is 0.297. The van der Waals surface area contributed by atoms with E-state index >= 15 is 0 Å². The lowest BCUT2D eigenvalue weighted by Gasteiger charge is -2.24. The van der Waals surface area contributed by atoms with Gasteiger partial charge in [-0.2, -0.15) is 0 Å². The quantitative estimate of drug-likeness (QED) is 0.755. The van der Waals surface area contributed by atoms with Crippen LogP contribution < -0.4 is 10.0 Å². The first-order valence-electron chi connectivity index (χ1n) is 7.15. The highest BCUT2D eigenvalue weighted by molar-refractivity contribution is 7.99. The molecule has 6 nitrogen and oxygen atoms in total. The molecule has 134 valence electrons. The second kappa shape index (κ2) is 7.85. The summed E-state index contributed by atoms with van der Waals surface area (Å²) >= 11 is 1.38. The number of sulfonamides is 1. The third kappa shape index (κ3) is 5.45. The summed E-state index contributed by atoms with van der Waals surface area (Å²) in [6.45, 7) is -0.460. The van der Waals surface area contributed by atoms with E-state index in [1.807, 2.05) is 0 Å². The van der Waals surface area contributed by atoms with Gasteiger partial charge in [0, 0.05) is 9.79 Å². The van der Waals surface area contributed by atoms with Gasteiger partial charge in [-0.05, 0) is 48.5 Å². The van der Waals surface area contributed by atoms with E-state index in [1.54, 1.807) is 36.4 Å². The molecule has 0 aromatic heterocycles. The van der Waals surface area contributed by atoms with Crippen molar-refractivity contribution in [3.05, 3.63) is 54.3 Å². The first-order valence-corrected chi connectivity index (χ1v) is 9.82. The smallest absolute Gasteiger partial charge is 0.248 e. The Balaban J connectivity index is 2.20. The van der Waals surface area contributed by atoms with Gasteiger partial charge in [0.05, 0.1) is 18.5 Å². The number of aliphatic hydroxyl groups excluding tert-OH is 1. The van der Waals surface area contributed by atoms with Crippen molar-refractivity contribution in [3.63, 3.8) is 0 Å². The Morgan fingerprint density at radius 1 is 1.16 bits per heavy atom. The third-order valence-electron chi connectivity index (χ3n) is 3.24. The Kier molecular flexibility index (Phi) is 6.04. The molecular formula is C16H17FN2O4S2. The number of aliphatic hydroxyl groups is 1. The van der Waals surface area contributed by atoms with E-state index in [9.17, 15) is 22.7 Å². The number of halogens is 1. The molecule has 2 aromatic carbocycles. The minimum Gasteiger partial charge on any atom is -0.381 e. The van der Waals surface area contributed by atoms with E-state index in [2.05, 4.69) is 0 Å². The van der Waals surface area contributed by atoms with Crippen LogP contribution in [0.5, 0.6) is 0 Å². The van der Waals surface area contributed by atoms with Crippen molar-refractivity contribution in [3.8, 4) is 0 Å². The summed E-state index contributed by atoms with van der Waals surface area (Å²) < 4.78 is 37.7. The molecular weight excluding hydrogens is 367 g/mol. The van der Waals surface area contributed by atoms with E-state index in [-0.39, 0.29) is 5.82 Å². The molecule has 0 fully saturated rings. The molecule has 0 aliphatic carbocycles. The Bertz CT molecular complexity index is 839. The molecule has 1 amide bonds. The largest absolute Gasteiger partial charge is 0.381 e. The van der Waals surface area contributed by atoms with E-state index in [4.69, 9.17) is 5.73 Å². The predicted octanol–water partition coefficient (Wildman–Crippen LogP) is 1.59. The third-order valence-corrected chi connectivity index (χ3v) is 5.42. The van der Waals surface area contributed by atoms with Gasteiger partial charge in [0.25, 0.3) is 0 Å². The summed E-state index contributed by atoms with van der Waals surface area (Å²) in [5, 5.41) is 9.58. The molecule has 0 aliphatic heterocycles. The monoisotopic (exact) mass is 384 g/mol. The van der Waals surface area contributed by atoms with Gasteiger partial charge in [-0.15, -0.1) is 0 Å². The molecule has 0 saturated carbocycles. The summed E-state index contributed by atoms with van der Waals surface area (Å²) in [6.07, 6.45) is -0.634. The van der Waals surface area contributed by atoms with Gasteiger partial charge in [0.15, 0.2) is 6.10 Å². The maximum atomic E-state index is 12.9. The number of primary amides is 1. The number of carbonyl (C=O) groups excluding carboxylic acids is 1. The van der Waals surface area contributed by atoms with E-state index in [0.29, 0.717) is 5.69 Å². The van der Waals surface area contributed by atoms with Gasteiger partial charge in [-0.3, -0.25) is 9.10 Å². The first-order chi connectivity index (χ1) is 11.7. The molecule has 0 radical (unpaired) electrons. The van der Waals surface area contributed by atoms with Crippen LogP contribution in [0.1, 0.15) is 0 Å². The van der Waals surface area contributed by atoms with Gasteiger partial charge in [0.1, 0.15) is 5.82 Å². The zero-order valence-corrected chi connectivity index (χ0v) is 14.9. The topological polar surface area (TPSA) is 101 Å². The van der Waals surface area contributed by atoms with E-state index in [0.717, 1.165) is 20.4 Å². The molecule has 0 heterocycles. The molecule has 25 heavy (non-hydrogen) atoms. The Morgan fingerprint density at radius 2 is 1.64 bits per heavy atom. The van der Waals surface area contributed by atoms with Crippen LogP contribution in [0.15, 0.2) is 58.3 Å². The molecule has 3 N–H and O–H groups in total. The Morgan fingerprint density at radius 3 is 2.08 bits per heavy atom. The number of anilines is 1. The first kappa shape index (κ1) is 19.2. The molecule has 9 heteroatoms. The zero-order valence-electron chi connectivity index (χ0n) is 13.3. The van der Waals surface area contributed by atoms with Crippen molar-refractivity contribution < 1.29 is 22.7 Å². The minimum atomic E-state index is -3.71. The number of nitrogens with zero attached hydrogens (tertiary/aromatic N) is 1. The number of hydrogen-bond acceptors (Lipinski definition) is 5. The van der Waals surface area contributed by atoms with Crippen LogP contribution in [0.4, 0.5) is 10.1 Å². The summed E-state index contributed by atoms with van der Waals surface area (Å²) in [5.74, 6) is -1.33. The average Bonchev–Trinajstić information content (AvgIpc) is 2.54. The van der Waals surface area contributed by atoms with Crippen LogP contribution >= 0.6 is 11.8 Å². The van der Waals surface area contributed by atoms with Gasteiger partial charge in [-0.25, -0.2) is 12.8 Å². The van der Waals surface area contributed by atoms with Crippen LogP contribution in [0.2, 0.25) is 0 Å². The summed E-state index contributed by atoms with van der Waals surface area (Å²) in [7, 11) is -3.71. The van der Waals surface area contributed by atoms with Crippen LogP contribution in [0, 0.1) is 5.82 Å². The fraction of sp³-hybridized carbons (Fsp3) is 0.188. The second-order valence-electron chi connectivity index (χ2n) is 5.26. The summed E-state index contributed by atoms with van der Waals surface area (Å²) in [5.41, 5.74) is 5.28. The lowest BCUT2D eigenvalue weighted by atomic mass is 10.3. The van der Waals surface area contributed by atoms with Crippen LogP contribution in [0.25, 0.3) is 0 Å². The van der Waals surface area contributed by atoms with Crippen molar-refractivity contribution in [2.45, 2.75) is 15.9 Å². The van der Waals surface area contributed by atoms with Gasteiger partial charge >= 0.3 is 0 Å². The number of carbonyl (C=O) groups is 1. The SMILES string of the molecule is CS(=O)(=O)N(C[C@H](O)C(N)=O)c1ccc(Sc2ccc(F)cc2)cc1. The fourth-order valence-electron chi connectivity index (χ4n) is 2.00.